The van der Waals surface area contributed by atoms with Gasteiger partial charge < -0.3 is 4.57 Å². The third-order valence-corrected chi connectivity index (χ3v) is 6.19. The van der Waals surface area contributed by atoms with Crippen LogP contribution in [0.25, 0.3) is 0 Å². The molecule has 8 heteroatoms. The summed E-state index contributed by atoms with van der Waals surface area (Å²) >= 11 is 5.71. The van der Waals surface area contributed by atoms with Crippen LogP contribution in [0.3, 0.4) is 0 Å². The van der Waals surface area contributed by atoms with E-state index in [0.717, 1.165) is 25.5 Å². The average Bonchev–Trinajstić information content (AvgIpc) is 3.03. The van der Waals surface area contributed by atoms with Crippen LogP contribution in [0.1, 0.15) is 12.8 Å². The van der Waals surface area contributed by atoms with Gasteiger partial charge in [0.2, 0.25) is 10.0 Å². The number of imidazole rings is 1. The minimum atomic E-state index is -3.66. The van der Waals surface area contributed by atoms with Gasteiger partial charge in [-0.05, 0) is 37.0 Å². The second-order valence-electron chi connectivity index (χ2n) is 5.71. The Bertz CT molecular complexity index is 780. The van der Waals surface area contributed by atoms with Crippen molar-refractivity contribution in [2.24, 2.45) is 5.92 Å². The van der Waals surface area contributed by atoms with E-state index in [0.29, 0.717) is 13.1 Å². The normalized spacial score (nSPS) is 19.8. The molecule has 1 atom stereocenters. The molecule has 1 aliphatic rings. The molecule has 5 nitrogen and oxygen atoms in total. The van der Waals surface area contributed by atoms with Gasteiger partial charge in [-0.1, -0.05) is 11.6 Å². The summed E-state index contributed by atoms with van der Waals surface area (Å²) in [5, 5.41) is -0.182. The van der Waals surface area contributed by atoms with Crippen LogP contribution in [0.15, 0.2) is 41.8 Å². The molecule has 0 spiro atoms. The molecule has 1 unspecified atom stereocenters. The number of halogens is 2. The monoisotopic (exact) mass is 357 g/mol. The van der Waals surface area contributed by atoms with E-state index in [2.05, 4.69) is 4.98 Å². The number of rotatable bonds is 4. The molecular weight excluding hydrogens is 341 g/mol. The fourth-order valence-corrected chi connectivity index (χ4v) is 4.70. The quantitative estimate of drug-likeness (QED) is 0.845. The molecule has 2 heterocycles. The van der Waals surface area contributed by atoms with Gasteiger partial charge in [-0.2, -0.15) is 4.31 Å². The minimum absolute atomic E-state index is 0.0344. The molecule has 0 aliphatic carbocycles. The van der Waals surface area contributed by atoms with E-state index in [9.17, 15) is 12.8 Å². The Morgan fingerprint density at radius 2 is 2.22 bits per heavy atom. The van der Waals surface area contributed by atoms with E-state index in [1.54, 1.807) is 12.5 Å². The highest BCUT2D eigenvalue weighted by atomic mass is 35.5. The smallest absolute Gasteiger partial charge is 0.243 e. The summed E-state index contributed by atoms with van der Waals surface area (Å²) < 4.78 is 42.1. The van der Waals surface area contributed by atoms with Gasteiger partial charge in [0.25, 0.3) is 0 Å². The Morgan fingerprint density at radius 3 is 2.91 bits per heavy atom. The molecule has 1 saturated heterocycles. The average molecular weight is 358 g/mol. The zero-order valence-corrected chi connectivity index (χ0v) is 14.0. The molecule has 1 aromatic carbocycles. The van der Waals surface area contributed by atoms with E-state index in [1.807, 2.05) is 10.8 Å². The second kappa shape index (κ2) is 6.59. The Labute approximate surface area is 139 Å². The minimum Gasteiger partial charge on any atom is -0.337 e. The maximum absolute atomic E-state index is 13.3. The zero-order chi connectivity index (χ0) is 16.4. The summed E-state index contributed by atoms with van der Waals surface area (Å²) in [6, 6.07) is 3.52. The lowest BCUT2D eigenvalue weighted by Gasteiger charge is -2.32. The summed E-state index contributed by atoms with van der Waals surface area (Å²) in [7, 11) is -3.66. The summed E-state index contributed by atoms with van der Waals surface area (Å²) in [6.07, 6.45) is 7.07. The molecular formula is C15H17ClFN3O2S. The lowest BCUT2D eigenvalue weighted by atomic mass is 10.00. The number of hydrogen-bond donors (Lipinski definition) is 0. The van der Waals surface area contributed by atoms with Crippen LogP contribution >= 0.6 is 11.6 Å². The Kier molecular flexibility index (Phi) is 4.70. The lowest BCUT2D eigenvalue weighted by molar-refractivity contribution is 0.245. The fourth-order valence-electron chi connectivity index (χ4n) is 2.87. The largest absolute Gasteiger partial charge is 0.337 e. The molecule has 3 rings (SSSR count). The molecule has 1 aliphatic heterocycles. The van der Waals surface area contributed by atoms with Crippen molar-refractivity contribution in [2.45, 2.75) is 24.3 Å². The highest BCUT2D eigenvalue weighted by Gasteiger charge is 2.30. The van der Waals surface area contributed by atoms with Crippen LogP contribution in [0.5, 0.6) is 0 Å². The molecule has 0 amide bonds. The van der Waals surface area contributed by atoms with Gasteiger partial charge in [-0.3, -0.25) is 0 Å². The highest BCUT2D eigenvalue weighted by molar-refractivity contribution is 7.89. The SMILES string of the molecule is O=S(=O)(c1ccc(F)c(Cl)c1)N1CCCC(Cn2ccnc2)C1. The molecule has 0 N–H and O–H groups in total. The molecule has 1 fully saturated rings. The van der Waals surface area contributed by atoms with Crippen molar-refractivity contribution < 1.29 is 12.8 Å². The number of hydrogen-bond acceptors (Lipinski definition) is 3. The lowest BCUT2D eigenvalue weighted by Crippen LogP contribution is -2.41. The summed E-state index contributed by atoms with van der Waals surface area (Å²) in [5.74, 6) is -0.397. The van der Waals surface area contributed by atoms with E-state index >= 15 is 0 Å². The van der Waals surface area contributed by atoms with Crippen LogP contribution in [0.4, 0.5) is 4.39 Å². The summed E-state index contributed by atoms with van der Waals surface area (Å²) in [4.78, 5) is 4.04. The third-order valence-electron chi connectivity index (χ3n) is 4.04. The van der Waals surface area contributed by atoms with Gasteiger partial charge in [-0.15, -0.1) is 0 Å². The first kappa shape index (κ1) is 16.4. The van der Waals surface area contributed by atoms with Gasteiger partial charge >= 0.3 is 0 Å². The van der Waals surface area contributed by atoms with Crippen molar-refractivity contribution in [3.8, 4) is 0 Å². The molecule has 0 saturated carbocycles. The molecule has 1 aromatic heterocycles. The number of piperidine rings is 1. The first-order valence-electron chi connectivity index (χ1n) is 7.38. The van der Waals surface area contributed by atoms with Crippen molar-refractivity contribution in [3.63, 3.8) is 0 Å². The maximum atomic E-state index is 13.3. The molecule has 124 valence electrons. The Morgan fingerprint density at radius 1 is 1.39 bits per heavy atom. The van der Waals surface area contributed by atoms with E-state index in [-0.39, 0.29) is 15.8 Å². The Balaban J connectivity index is 1.77. The fraction of sp³-hybridized carbons (Fsp3) is 0.400. The Hall–Kier alpha value is -1.44. The summed E-state index contributed by atoms with van der Waals surface area (Å²) in [6.45, 7) is 1.64. The van der Waals surface area contributed by atoms with Crippen molar-refractivity contribution in [3.05, 3.63) is 47.8 Å². The topological polar surface area (TPSA) is 55.2 Å². The number of benzene rings is 1. The number of nitrogens with zero attached hydrogens (tertiary/aromatic N) is 3. The summed E-state index contributed by atoms with van der Waals surface area (Å²) in [5.41, 5.74) is 0. The predicted molar refractivity (Wildman–Crippen MR) is 85.1 cm³/mol. The predicted octanol–water partition coefficient (Wildman–Crippen LogP) is 2.78. The van der Waals surface area contributed by atoms with E-state index in [4.69, 9.17) is 11.6 Å². The number of sulfonamides is 1. The third kappa shape index (κ3) is 3.57. The zero-order valence-electron chi connectivity index (χ0n) is 12.4. The van der Waals surface area contributed by atoms with Crippen molar-refractivity contribution >= 4 is 21.6 Å². The van der Waals surface area contributed by atoms with Crippen LogP contribution in [0.2, 0.25) is 5.02 Å². The molecule has 2 aromatic rings. The molecule has 0 bridgehead atoms. The van der Waals surface area contributed by atoms with Crippen molar-refractivity contribution in [1.82, 2.24) is 13.9 Å². The van der Waals surface area contributed by atoms with Crippen LogP contribution in [0, 0.1) is 11.7 Å². The molecule has 0 radical (unpaired) electrons. The first-order valence-corrected chi connectivity index (χ1v) is 9.19. The molecule has 23 heavy (non-hydrogen) atoms. The van der Waals surface area contributed by atoms with Crippen LogP contribution in [-0.2, 0) is 16.6 Å². The maximum Gasteiger partial charge on any atom is 0.243 e. The van der Waals surface area contributed by atoms with E-state index in [1.165, 1.54) is 16.4 Å². The highest BCUT2D eigenvalue weighted by Crippen LogP contribution is 2.27. The standard InChI is InChI=1S/C15H17ClFN3O2S/c16-14-8-13(3-4-15(14)17)23(21,22)20-6-1-2-12(10-20)9-19-7-5-18-11-19/h3-5,7-8,11-12H,1-2,6,9-10H2. The van der Waals surface area contributed by atoms with Crippen LogP contribution in [-0.4, -0.2) is 35.4 Å². The number of aromatic nitrogens is 2. The van der Waals surface area contributed by atoms with Gasteiger partial charge in [0.1, 0.15) is 5.82 Å². The van der Waals surface area contributed by atoms with Gasteiger partial charge in [0, 0.05) is 32.0 Å². The van der Waals surface area contributed by atoms with Crippen LogP contribution < -0.4 is 0 Å². The first-order chi connectivity index (χ1) is 11.0. The van der Waals surface area contributed by atoms with Crippen molar-refractivity contribution in [2.75, 3.05) is 13.1 Å². The van der Waals surface area contributed by atoms with Gasteiger partial charge in [0.05, 0.1) is 16.2 Å². The second-order valence-corrected chi connectivity index (χ2v) is 8.05. The van der Waals surface area contributed by atoms with Gasteiger partial charge in [-0.25, -0.2) is 17.8 Å². The van der Waals surface area contributed by atoms with Gasteiger partial charge in [0.15, 0.2) is 0 Å². The van der Waals surface area contributed by atoms with E-state index < -0.39 is 15.8 Å². The van der Waals surface area contributed by atoms with Crippen molar-refractivity contribution in [1.29, 1.82) is 0 Å².